The summed E-state index contributed by atoms with van der Waals surface area (Å²) < 4.78 is 24.2. The highest BCUT2D eigenvalue weighted by Gasteiger charge is 2.61. The Labute approximate surface area is 169 Å². The standard InChI is InChI=1S/C23H33NO3S/c1-6-17-7-9-18(10-8-17)14-24(19-11-12-28(26,27)15-19)22(25)21-20(13-16(2)3)23(21,4)5/h7-10,13,19-21H,6,11-12,14-15H2,1-5H3/t19-,20-,21+/m1/s1. The van der Waals surface area contributed by atoms with Gasteiger partial charge in [-0.15, -0.1) is 0 Å². The van der Waals surface area contributed by atoms with E-state index in [2.05, 4.69) is 65.0 Å². The minimum atomic E-state index is -3.05. The Balaban J connectivity index is 1.86. The van der Waals surface area contributed by atoms with Crippen molar-refractivity contribution in [2.45, 2.75) is 60.0 Å². The van der Waals surface area contributed by atoms with Crippen LogP contribution in [0.2, 0.25) is 0 Å². The average Bonchev–Trinajstić information content (AvgIpc) is 2.95. The van der Waals surface area contributed by atoms with Crippen molar-refractivity contribution in [1.29, 1.82) is 0 Å². The monoisotopic (exact) mass is 403 g/mol. The molecule has 2 fully saturated rings. The Morgan fingerprint density at radius 2 is 1.79 bits per heavy atom. The molecule has 1 aromatic carbocycles. The van der Waals surface area contributed by atoms with Gasteiger partial charge in [-0.2, -0.15) is 0 Å². The third kappa shape index (κ3) is 4.35. The van der Waals surface area contributed by atoms with Crippen molar-refractivity contribution in [3.8, 4) is 0 Å². The maximum absolute atomic E-state index is 13.5. The number of carbonyl (C=O) groups is 1. The van der Waals surface area contributed by atoms with Gasteiger partial charge in [-0.05, 0) is 49.1 Å². The summed E-state index contributed by atoms with van der Waals surface area (Å²) in [5, 5.41) is 0. The van der Waals surface area contributed by atoms with E-state index in [1.165, 1.54) is 11.1 Å². The topological polar surface area (TPSA) is 54.5 Å². The van der Waals surface area contributed by atoms with Crippen molar-refractivity contribution in [2.24, 2.45) is 17.3 Å². The number of hydrogen-bond donors (Lipinski definition) is 0. The van der Waals surface area contributed by atoms with Crippen molar-refractivity contribution >= 4 is 15.7 Å². The Morgan fingerprint density at radius 1 is 1.18 bits per heavy atom. The van der Waals surface area contributed by atoms with Gasteiger partial charge in [0, 0.05) is 12.6 Å². The molecule has 3 atom stereocenters. The van der Waals surface area contributed by atoms with Crippen molar-refractivity contribution in [1.82, 2.24) is 4.90 Å². The number of nitrogens with zero attached hydrogens (tertiary/aromatic N) is 1. The first-order chi connectivity index (χ1) is 13.0. The molecule has 4 nitrogen and oxygen atoms in total. The predicted molar refractivity (Wildman–Crippen MR) is 114 cm³/mol. The smallest absolute Gasteiger partial charge is 0.227 e. The van der Waals surface area contributed by atoms with E-state index < -0.39 is 9.84 Å². The minimum Gasteiger partial charge on any atom is -0.334 e. The largest absolute Gasteiger partial charge is 0.334 e. The molecule has 1 amide bonds. The molecular formula is C23H33NO3S. The lowest BCUT2D eigenvalue weighted by molar-refractivity contribution is -0.136. The predicted octanol–water partition coefficient (Wildman–Crippen LogP) is 4.00. The molecule has 154 valence electrons. The van der Waals surface area contributed by atoms with E-state index in [1.54, 1.807) is 0 Å². The third-order valence-electron chi connectivity index (χ3n) is 6.41. The van der Waals surface area contributed by atoms with Crippen LogP contribution in [-0.4, -0.2) is 36.8 Å². The molecule has 1 saturated carbocycles. The van der Waals surface area contributed by atoms with Crippen LogP contribution in [0.3, 0.4) is 0 Å². The second-order valence-corrected chi connectivity index (χ2v) is 11.5. The molecule has 28 heavy (non-hydrogen) atoms. The zero-order valence-electron chi connectivity index (χ0n) is 17.7. The fraction of sp³-hybridized carbons (Fsp3) is 0.609. The van der Waals surface area contributed by atoms with Crippen LogP contribution >= 0.6 is 0 Å². The molecule has 5 heteroatoms. The van der Waals surface area contributed by atoms with Gasteiger partial charge in [0.2, 0.25) is 5.91 Å². The highest BCUT2D eigenvalue weighted by Crippen LogP contribution is 2.60. The van der Waals surface area contributed by atoms with Gasteiger partial charge in [0.05, 0.1) is 17.4 Å². The van der Waals surface area contributed by atoms with E-state index >= 15 is 0 Å². The van der Waals surface area contributed by atoms with Gasteiger partial charge in [-0.1, -0.05) is 56.7 Å². The molecule has 2 aliphatic rings. The number of aryl methyl sites for hydroxylation is 1. The minimum absolute atomic E-state index is 0.0689. The maximum Gasteiger partial charge on any atom is 0.227 e. The first kappa shape index (κ1) is 21.1. The average molecular weight is 404 g/mol. The molecule has 1 heterocycles. The number of sulfone groups is 1. The van der Waals surface area contributed by atoms with E-state index in [0.717, 1.165) is 12.0 Å². The molecule has 0 radical (unpaired) electrons. The summed E-state index contributed by atoms with van der Waals surface area (Å²) >= 11 is 0. The zero-order valence-corrected chi connectivity index (χ0v) is 18.6. The Hall–Kier alpha value is -1.62. The van der Waals surface area contributed by atoms with E-state index in [-0.39, 0.29) is 40.7 Å². The van der Waals surface area contributed by atoms with Crippen molar-refractivity contribution < 1.29 is 13.2 Å². The molecule has 0 spiro atoms. The second-order valence-electron chi connectivity index (χ2n) is 9.26. The molecule has 0 N–H and O–H groups in total. The van der Waals surface area contributed by atoms with Gasteiger partial charge in [0.15, 0.2) is 9.84 Å². The highest BCUT2D eigenvalue weighted by atomic mass is 32.2. The summed E-state index contributed by atoms with van der Waals surface area (Å²) in [4.78, 5) is 15.4. The normalized spacial score (nSPS) is 27.2. The first-order valence-electron chi connectivity index (χ1n) is 10.3. The second kappa shape index (κ2) is 7.66. The summed E-state index contributed by atoms with van der Waals surface area (Å²) in [5.41, 5.74) is 3.47. The number of rotatable bonds is 6. The molecule has 1 aliphatic heterocycles. The van der Waals surface area contributed by atoms with Crippen LogP contribution in [0, 0.1) is 17.3 Å². The van der Waals surface area contributed by atoms with Crippen LogP contribution in [0.15, 0.2) is 35.9 Å². The zero-order chi connectivity index (χ0) is 20.7. The number of hydrogen-bond acceptors (Lipinski definition) is 3. The number of carbonyl (C=O) groups excluding carboxylic acids is 1. The fourth-order valence-corrected chi connectivity index (χ4v) is 6.21. The van der Waals surface area contributed by atoms with Crippen LogP contribution in [0.4, 0.5) is 0 Å². The Morgan fingerprint density at radius 3 is 2.29 bits per heavy atom. The lowest BCUT2D eigenvalue weighted by atomic mass is 10.1. The molecule has 3 rings (SSSR count). The molecule has 0 aromatic heterocycles. The molecule has 1 aromatic rings. The van der Waals surface area contributed by atoms with Crippen LogP contribution in [0.1, 0.15) is 52.2 Å². The van der Waals surface area contributed by atoms with Gasteiger partial charge in [-0.25, -0.2) is 8.42 Å². The molecular weight excluding hydrogens is 370 g/mol. The lowest BCUT2D eigenvalue weighted by Crippen LogP contribution is -2.42. The van der Waals surface area contributed by atoms with Crippen LogP contribution < -0.4 is 0 Å². The molecule has 1 saturated heterocycles. The number of benzene rings is 1. The van der Waals surface area contributed by atoms with Gasteiger partial charge < -0.3 is 4.90 Å². The summed E-state index contributed by atoms with van der Waals surface area (Å²) in [6.07, 6.45) is 3.72. The van der Waals surface area contributed by atoms with E-state index in [4.69, 9.17) is 0 Å². The Bertz CT molecular complexity index is 864. The van der Waals surface area contributed by atoms with Crippen LogP contribution in [0.5, 0.6) is 0 Å². The number of allylic oxidation sites excluding steroid dienone is 2. The van der Waals surface area contributed by atoms with E-state index in [1.807, 2.05) is 4.90 Å². The van der Waals surface area contributed by atoms with Gasteiger partial charge in [0.1, 0.15) is 0 Å². The summed E-state index contributed by atoms with van der Waals surface area (Å²) in [5.74, 6) is 0.538. The fourth-order valence-electron chi connectivity index (χ4n) is 4.48. The van der Waals surface area contributed by atoms with E-state index in [0.29, 0.717) is 13.0 Å². The highest BCUT2D eigenvalue weighted by molar-refractivity contribution is 7.91. The Kier molecular flexibility index (Phi) is 5.77. The summed E-state index contributed by atoms with van der Waals surface area (Å²) in [6.45, 7) is 11.0. The van der Waals surface area contributed by atoms with Crippen molar-refractivity contribution in [2.75, 3.05) is 11.5 Å². The first-order valence-corrected chi connectivity index (χ1v) is 12.1. The molecule has 0 unspecified atom stereocenters. The quantitative estimate of drug-likeness (QED) is 0.675. The summed E-state index contributed by atoms with van der Waals surface area (Å²) in [6, 6.07) is 8.10. The van der Waals surface area contributed by atoms with Gasteiger partial charge >= 0.3 is 0 Å². The third-order valence-corrected chi connectivity index (χ3v) is 8.16. The van der Waals surface area contributed by atoms with Crippen molar-refractivity contribution in [3.63, 3.8) is 0 Å². The van der Waals surface area contributed by atoms with Gasteiger partial charge in [-0.3, -0.25) is 4.79 Å². The maximum atomic E-state index is 13.5. The van der Waals surface area contributed by atoms with Crippen LogP contribution in [0.25, 0.3) is 0 Å². The molecule has 1 aliphatic carbocycles. The van der Waals surface area contributed by atoms with Gasteiger partial charge in [0.25, 0.3) is 0 Å². The number of amides is 1. The molecule has 0 bridgehead atoms. The van der Waals surface area contributed by atoms with E-state index in [9.17, 15) is 13.2 Å². The SMILES string of the molecule is CCc1ccc(CN(C(=O)[C@@H]2[C@@H](C=C(C)C)C2(C)C)[C@@H]2CCS(=O)(=O)C2)cc1. The van der Waals surface area contributed by atoms with Crippen molar-refractivity contribution in [3.05, 3.63) is 47.0 Å². The summed E-state index contributed by atoms with van der Waals surface area (Å²) in [7, 11) is -3.05. The van der Waals surface area contributed by atoms with Crippen LogP contribution in [-0.2, 0) is 27.6 Å². The lowest BCUT2D eigenvalue weighted by Gasteiger charge is -2.29.